The number of halogens is 1. The first-order valence-electron chi connectivity index (χ1n) is 8.97. The fourth-order valence-corrected chi connectivity index (χ4v) is 3.31. The quantitative estimate of drug-likeness (QED) is 0.524. The summed E-state index contributed by atoms with van der Waals surface area (Å²) in [6.07, 6.45) is 0. The van der Waals surface area contributed by atoms with E-state index in [4.69, 9.17) is 11.6 Å². The number of aryl methyl sites for hydroxylation is 1. The van der Waals surface area contributed by atoms with Crippen LogP contribution in [-0.2, 0) is 6.54 Å². The number of fused-ring (bicyclic) bond motifs is 1. The fourth-order valence-electron chi connectivity index (χ4n) is 3.10. The molecule has 0 bridgehead atoms. The van der Waals surface area contributed by atoms with Crippen LogP contribution in [0.2, 0.25) is 5.02 Å². The molecule has 0 fully saturated rings. The Labute approximate surface area is 168 Å². The summed E-state index contributed by atoms with van der Waals surface area (Å²) in [7, 11) is 0. The summed E-state index contributed by atoms with van der Waals surface area (Å²) in [6, 6.07) is 22.9. The van der Waals surface area contributed by atoms with Crippen LogP contribution >= 0.6 is 11.6 Å². The highest BCUT2D eigenvalue weighted by molar-refractivity contribution is 6.31. The van der Waals surface area contributed by atoms with Crippen LogP contribution in [0.4, 0.5) is 0 Å². The van der Waals surface area contributed by atoms with E-state index >= 15 is 0 Å². The monoisotopic (exact) mass is 387 g/mol. The molecule has 0 aliphatic heterocycles. The second-order valence-corrected chi connectivity index (χ2v) is 6.99. The van der Waals surface area contributed by atoms with Crippen molar-refractivity contribution in [2.75, 3.05) is 0 Å². The van der Waals surface area contributed by atoms with Crippen molar-refractivity contribution in [3.63, 3.8) is 0 Å². The van der Waals surface area contributed by atoms with E-state index in [-0.39, 0.29) is 5.91 Å². The first kappa shape index (κ1) is 18.1. The van der Waals surface area contributed by atoms with Gasteiger partial charge in [-0.05, 0) is 24.6 Å². The van der Waals surface area contributed by atoms with Gasteiger partial charge in [0.05, 0.1) is 11.1 Å². The van der Waals surface area contributed by atoms with Gasteiger partial charge < -0.3 is 5.32 Å². The lowest BCUT2D eigenvalue weighted by Gasteiger charge is -2.13. The third-order valence-electron chi connectivity index (χ3n) is 4.62. The third-order valence-corrected chi connectivity index (χ3v) is 4.99. The Morgan fingerprint density at radius 1 is 0.929 bits per heavy atom. The van der Waals surface area contributed by atoms with Gasteiger partial charge in [0.2, 0.25) is 0 Å². The van der Waals surface area contributed by atoms with Gasteiger partial charge in [-0.2, -0.15) is 0 Å². The Hall–Kier alpha value is -3.24. The topological polar surface area (TPSA) is 54.9 Å². The molecule has 138 valence electrons. The van der Waals surface area contributed by atoms with Gasteiger partial charge in [-0.25, -0.2) is 0 Å². The molecule has 0 unspecified atom stereocenters. The molecule has 4 rings (SSSR count). The summed E-state index contributed by atoms with van der Waals surface area (Å²) < 4.78 is 0. The van der Waals surface area contributed by atoms with Gasteiger partial charge in [0, 0.05) is 22.5 Å². The van der Waals surface area contributed by atoms with Crippen LogP contribution in [0.3, 0.4) is 0 Å². The van der Waals surface area contributed by atoms with E-state index in [1.54, 1.807) is 0 Å². The van der Waals surface area contributed by atoms with Crippen molar-refractivity contribution in [2.45, 2.75) is 13.5 Å². The molecule has 1 aromatic heterocycles. The molecule has 3 aromatic carbocycles. The Bertz CT molecular complexity index is 1160. The van der Waals surface area contributed by atoms with Gasteiger partial charge in [0.15, 0.2) is 0 Å². The van der Waals surface area contributed by atoms with Gasteiger partial charge in [-0.1, -0.05) is 77.8 Å². The first-order chi connectivity index (χ1) is 13.6. The van der Waals surface area contributed by atoms with E-state index in [2.05, 4.69) is 15.5 Å². The molecule has 4 aromatic rings. The molecular formula is C23H18ClN3O. The van der Waals surface area contributed by atoms with E-state index in [1.165, 1.54) is 0 Å². The third kappa shape index (κ3) is 3.59. The Kier molecular flexibility index (Phi) is 5.04. The minimum absolute atomic E-state index is 0.207. The minimum Gasteiger partial charge on any atom is -0.348 e. The smallest absolute Gasteiger partial charge is 0.254 e. The van der Waals surface area contributed by atoms with E-state index < -0.39 is 0 Å². The lowest BCUT2D eigenvalue weighted by Crippen LogP contribution is -2.24. The van der Waals surface area contributed by atoms with Crippen molar-refractivity contribution in [3.05, 3.63) is 94.5 Å². The summed E-state index contributed by atoms with van der Waals surface area (Å²) in [5.41, 5.74) is 4.62. The second kappa shape index (κ2) is 7.79. The van der Waals surface area contributed by atoms with E-state index in [0.29, 0.717) is 28.3 Å². The number of hydrogen-bond donors (Lipinski definition) is 1. The number of rotatable bonds is 4. The zero-order valence-electron chi connectivity index (χ0n) is 15.3. The molecular weight excluding hydrogens is 370 g/mol. The molecule has 5 heteroatoms. The van der Waals surface area contributed by atoms with Crippen molar-refractivity contribution in [1.82, 2.24) is 15.5 Å². The number of nitrogens with one attached hydrogen (secondary N) is 1. The normalized spacial score (nSPS) is 10.8. The molecule has 0 saturated heterocycles. The molecule has 0 aliphatic rings. The zero-order valence-corrected chi connectivity index (χ0v) is 16.1. The Morgan fingerprint density at radius 3 is 2.43 bits per heavy atom. The highest BCUT2D eigenvalue weighted by Gasteiger charge is 2.19. The summed E-state index contributed by atoms with van der Waals surface area (Å²) >= 11 is 6.22. The molecule has 0 spiro atoms. The summed E-state index contributed by atoms with van der Waals surface area (Å²) in [6.45, 7) is 2.36. The molecule has 28 heavy (non-hydrogen) atoms. The van der Waals surface area contributed by atoms with Gasteiger partial charge >= 0.3 is 0 Å². The molecule has 0 radical (unpaired) electrons. The van der Waals surface area contributed by atoms with Crippen molar-refractivity contribution in [2.24, 2.45) is 0 Å². The number of aromatic nitrogens is 2. The van der Waals surface area contributed by atoms with Crippen LogP contribution in [0.15, 0.2) is 72.8 Å². The zero-order chi connectivity index (χ0) is 19.5. The number of amides is 1. The van der Waals surface area contributed by atoms with Crippen molar-refractivity contribution in [3.8, 4) is 11.3 Å². The molecule has 1 N–H and O–H groups in total. The standard InChI is InChI=1S/C23H18ClN3O/c1-15-10-12-16(13-11-15)22-21(18-7-3-5-9-20(18)26-27-22)23(28)25-14-17-6-2-4-8-19(17)24/h2-13H,14H2,1H3,(H,25,28). The molecule has 0 saturated carbocycles. The Morgan fingerprint density at radius 2 is 1.64 bits per heavy atom. The number of carbonyl (C=O) groups excluding carboxylic acids is 1. The molecule has 4 nitrogen and oxygen atoms in total. The molecule has 1 amide bonds. The predicted octanol–water partition coefficient (Wildman–Crippen LogP) is 5.19. The maximum absolute atomic E-state index is 13.2. The van der Waals surface area contributed by atoms with Crippen LogP contribution in [0.25, 0.3) is 22.2 Å². The molecule has 0 aliphatic carbocycles. The first-order valence-corrected chi connectivity index (χ1v) is 9.35. The lowest BCUT2D eigenvalue weighted by atomic mass is 10.0. The number of benzene rings is 3. The highest BCUT2D eigenvalue weighted by Crippen LogP contribution is 2.27. The van der Waals surface area contributed by atoms with Gasteiger partial charge in [-0.3, -0.25) is 4.79 Å². The van der Waals surface area contributed by atoms with Gasteiger partial charge in [0.25, 0.3) is 5.91 Å². The van der Waals surface area contributed by atoms with Crippen LogP contribution in [-0.4, -0.2) is 16.1 Å². The van der Waals surface area contributed by atoms with Crippen LogP contribution in [0, 0.1) is 6.92 Å². The van der Waals surface area contributed by atoms with Crippen LogP contribution in [0.1, 0.15) is 21.5 Å². The van der Waals surface area contributed by atoms with Crippen molar-refractivity contribution >= 4 is 28.4 Å². The fraction of sp³-hybridized carbons (Fsp3) is 0.0870. The maximum atomic E-state index is 13.2. The highest BCUT2D eigenvalue weighted by atomic mass is 35.5. The van der Waals surface area contributed by atoms with E-state index in [9.17, 15) is 4.79 Å². The van der Waals surface area contributed by atoms with E-state index in [0.717, 1.165) is 22.1 Å². The minimum atomic E-state index is -0.207. The SMILES string of the molecule is Cc1ccc(-c2nnc3ccccc3c2C(=O)NCc2ccccc2Cl)cc1. The Balaban J connectivity index is 1.77. The maximum Gasteiger partial charge on any atom is 0.254 e. The van der Waals surface area contributed by atoms with Gasteiger partial charge in [0.1, 0.15) is 5.69 Å². The predicted molar refractivity (Wildman–Crippen MR) is 112 cm³/mol. The van der Waals surface area contributed by atoms with Crippen molar-refractivity contribution < 1.29 is 4.79 Å². The second-order valence-electron chi connectivity index (χ2n) is 6.58. The van der Waals surface area contributed by atoms with Crippen molar-refractivity contribution in [1.29, 1.82) is 0 Å². The summed E-state index contributed by atoms with van der Waals surface area (Å²) in [5.74, 6) is -0.207. The number of nitrogens with zero attached hydrogens (tertiary/aromatic N) is 2. The molecule has 0 atom stereocenters. The van der Waals surface area contributed by atoms with Crippen LogP contribution in [0.5, 0.6) is 0 Å². The average molecular weight is 388 g/mol. The number of hydrogen-bond acceptors (Lipinski definition) is 3. The van der Waals surface area contributed by atoms with Crippen LogP contribution < -0.4 is 5.32 Å². The molecule has 1 heterocycles. The summed E-state index contributed by atoms with van der Waals surface area (Å²) in [5, 5.41) is 13.0. The summed E-state index contributed by atoms with van der Waals surface area (Å²) in [4.78, 5) is 13.2. The number of carbonyl (C=O) groups is 1. The van der Waals surface area contributed by atoms with Gasteiger partial charge in [-0.15, -0.1) is 10.2 Å². The lowest BCUT2D eigenvalue weighted by molar-refractivity contribution is 0.0953. The van der Waals surface area contributed by atoms with E-state index in [1.807, 2.05) is 79.7 Å². The largest absolute Gasteiger partial charge is 0.348 e. The average Bonchev–Trinajstić information content (AvgIpc) is 2.73.